The number of rotatable bonds is 3. The number of likely N-dealkylation sites (tertiary alicyclic amines) is 1. The first-order chi connectivity index (χ1) is 10.1. The Morgan fingerprint density at radius 3 is 3.14 bits per heavy atom. The largest absolute Gasteiger partial charge is 0.352 e. The minimum atomic E-state index is -0.376. The van der Waals surface area contributed by atoms with Crippen molar-refractivity contribution in [3.05, 3.63) is 18.2 Å². The summed E-state index contributed by atoms with van der Waals surface area (Å²) in [6.07, 6.45) is 5.10. The molecule has 3 aliphatic rings. The molecular formula is C15H22N4O2. The summed E-state index contributed by atoms with van der Waals surface area (Å²) in [5, 5.41) is 0. The fraction of sp³-hybridized carbons (Fsp3) is 0.733. The van der Waals surface area contributed by atoms with Crippen LogP contribution < -0.4 is 0 Å². The third-order valence-electron chi connectivity index (χ3n) is 5.28. The Morgan fingerprint density at radius 2 is 2.43 bits per heavy atom. The summed E-state index contributed by atoms with van der Waals surface area (Å²) in [4.78, 5) is 24.4. The van der Waals surface area contributed by atoms with Gasteiger partial charge in [-0.2, -0.15) is 0 Å². The van der Waals surface area contributed by atoms with Gasteiger partial charge in [0.2, 0.25) is 5.91 Å². The van der Waals surface area contributed by atoms with E-state index in [2.05, 4.69) is 33.6 Å². The van der Waals surface area contributed by atoms with E-state index in [9.17, 15) is 4.79 Å². The van der Waals surface area contributed by atoms with E-state index >= 15 is 0 Å². The molecule has 3 saturated heterocycles. The zero-order valence-electron chi connectivity index (χ0n) is 12.6. The number of nitrogens with one attached hydrogen (secondary N) is 1. The summed E-state index contributed by atoms with van der Waals surface area (Å²) in [5.74, 6) is 1.64. The highest BCUT2D eigenvalue weighted by Gasteiger charge is 2.64. The fourth-order valence-electron chi connectivity index (χ4n) is 4.22. The first-order valence-electron chi connectivity index (χ1n) is 7.80. The number of nitrogens with zero attached hydrogens (tertiary/aromatic N) is 3. The van der Waals surface area contributed by atoms with Gasteiger partial charge in [0.15, 0.2) is 5.72 Å². The lowest BCUT2D eigenvalue weighted by Gasteiger charge is -2.34. The molecule has 1 amide bonds. The molecule has 1 spiro atoms. The van der Waals surface area contributed by atoms with Crippen molar-refractivity contribution in [2.24, 2.45) is 5.92 Å². The summed E-state index contributed by atoms with van der Waals surface area (Å²) < 4.78 is 6.22. The number of aromatic amines is 1. The Hall–Kier alpha value is -1.40. The molecule has 1 N–H and O–H groups in total. The van der Waals surface area contributed by atoms with Gasteiger partial charge in [0.1, 0.15) is 5.82 Å². The van der Waals surface area contributed by atoms with Gasteiger partial charge in [0.25, 0.3) is 0 Å². The smallest absolute Gasteiger partial charge is 0.226 e. The molecule has 4 rings (SSSR count). The molecule has 3 fully saturated rings. The third-order valence-corrected chi connectivity index (χ3v) is 5.28. The maximum Gasteiger partial charge on any atom is 0.226 e. The van der Waals surface area contributed by atoms with E-state index < -0.39 is 0 Å². The normalized spacial score (nSPS) is 35.8. The topological polar surface area (TPSA) is 61.5 Å². The van der Waals surface area contributed by atoms with Crippen LogP contribution in [0.2, 0.25) is 0 Å². The molecule has 0 bridgehead atoms. The number of hydrogen-bond acceptors (Lipinski definition) is 4. The van der Waals surface area contributed by atoms with Gasteiger partial charge in [0.05, 0.1) is 25.2 Å². The van der Waals surface area contributed by atoms with Crippen LogP contribution in [-0.4, -0.2) is 56.6 Å². The fourth-order valence-corrected chi connectivity index (χ4v) is 4.22. The Balaban J connectivity index is 1.60. The monoisotopic (exact) mass is 290 g/mol. The van der Waals surface area contributed by atoms with Crippen LogP contribution >= 0.6 is 0 Å². The Bertz CT molecular complexity index is 544. The lowest BCUT2D eigenvalue weighted by molar-refractivity contribution is -0.139. The van der Waals surface area contributed by atoms with Crippen molar-refractivity contribution < 1.29 is 9.53 Å². The molecule has 1 aromatic heterocycles. The minimum Gasteiger partial charge on any atom is -0.352 e. The van der Waals surface area contributed by atoms with Crippen molar-refractivity contribution in [1.82, 2.24) is 19.8 Å². The van der Waals surface area contributed by atoms with Crippen LogP contribution in [0.25, 0.3) is 0 Å². The quantitative estimate of drug-likeness (QED) is 0.901. The molecule has 0 radical (unpaired) electrons. The summed E-state index contributed by atoms with van der Waals surface area (Å²) in [6.45, 7) is 6.73. The lowest BCUT2D eigenvalue weighted by Crippen LogP contribution is -2.50. The van der Waals surface area contributed by atoms with Crippen LogP contribution in [0, 0.1) is 5.92 Å². The van der Waals surface area contributed by atoms with Crippen molar-refractivity contribution in [3.63, 3.8) is 0 Å². The summed E-state index contributed by atoms with van der Waals surface area (Å²) in [5.41, 5.74) is -0.376. The number of ether oxygens (including phenoxy) is 1. The van der Waals surface area contributed by atoms with Crippen LogP contribution in [0.5, 0.6) is 0 Å². The molecule has 0 aliphatic carbocycles. The van der Waals surface area contributed by atoms with Crippen LogP contribution in [0.3, 0.4) is 0 Å². The molecule has 0 saturated carbocycles. The highest BCUT2D eigenvalue weighted by atomic mass is 16.5. The van der Waals surface area contributed by atoms with Gasteiger partial charge < -0.3 is 14.6 Å². The number of imidazole rings is 1. The van der Waals surface area contributed by atoms with Gasteiger partial charge in [-0.05, 0) is 5.92 Å². The number of carbonyl (C=O) groups is 1. The first-order valence-corrected chi connectivity index (χ1v) is 7.80. The van der Waals surface area contributed by atoms with E-state index in [1.54, 1.807) is 6.20 Å². The average molecular weight is 290 g/mol. The zero-order valence-corrected chi connectivity index (χ0v) is 12.6. The van der Waals surface area contributed by atoms with Crippen LogP contribution in [-0.2, 0) is 16.1 Å². The minimum absolute atomic E-state index is 0.166. The number of carbonyl (C=O) groups excluding carboxylic acids is 1. The standard InChI is InChI=1S/C15H22N4O2/c1-10(2)11-9-21-15-3-6-18(8-13-16-4-5-17-13)12(15)7-14(20)19(11)15/h4-5,10-12H,3,6-9H2,1-2H3,(H,16,17)/t11-,12+,15-/m0/s1. The van der Waals surface area contributed by atoms with Crippen molar-refractivity contribution >= 4 is 5.91 Å². The highest BCUT2D eigenvalue weighted by molar-refractivity contribution is 5.82. The molecule has 1 aromatic rings. The lowest BCUT2D eigenvalue weighted by atomic mass is 10.0. The Labute approximate surface area is 124 Å². The number of amides is 1. The second kappa shape index (κ2) is 4.55. The van der Waals surface area contributed by atoms with E-state index in [4.69, 9.17) is 4.74 Å². The summed E-state index contributed by atoms with van der Waals surface area (Å²) >= 11 is 0. The molecule has 4 heterocycles. The summed E-state index contributed by atoms with van der Waals surface area (Å²) in [7, 11) is 0. The molecule has 6 heteroatoms. The molecule has 21 heavy (non-hydrogen) atoms. The Kier molecular flexibility index (Phi) is 2.87. The van der Waals surface area contributed by atoms with Crippen molar-refractivity contribution in [3.8, 4) is 0 Å². The van der Waals surface area contributed by atoms with Gasteiger partial charge in [-0.15, -0.1) is 0 Å². The SMILES string of the molecule is CC(C)[C@@H]1CO[C@@]23CCN(Cc4ncc[nH]4)[C@@H]2CC(=O)N13. The number of H-pyrrole nitrogens is 1. The predicted molar refractivity (Wildman–Crippen MR) is 76.2 cm³/mol. The Morgan fingerprint density at radius 1 is 1.57 bits per heavy atom. The predicted octanol–water partition coefficient (Wildman–Crippen LogP) is 0.967. The molecule has 0 unspecified atom stereocenters. The van der Waals surface area contributed by atoms with Crippen LogP contribution in [0.4, 0.5) is 0 Å². The molecular weight excluding hydrogens is 268 g/mol. The van der Waals surface area contributed by atoms with E-state index in [1.165, 1.54) is 0 Å². The number of aromatic nitrogens is 2. The van der Waals surface area contributed by atoms with Gasteiger partial charge in [-0.25, -0.2) is 4.98 Å². The van der Waals surface area contributed by atoms with Gasteiger partial charge in [-0.1, -0.05) is 13.8 Å². The average Bonchev–Trinajstić information content (AvgIpc) is 3.16. The number of hydrogen-bond donors (Lipinski definition) is 1. The summed E-state index contributed by atoms with van der Waals surface area (Å²) in [6, 6.07) is 0.393. The second-order valence-electron chi connectivity index (χ2n) is 6.71. The highest BCUT2D eigenvalue weighted by Crippen LogP contribution is 2.48. The van der Waals surface area contributed by atoms with Crippen LogP contribution in [0.15, 0.2) is 12.4 Å². The zero-order chi connectivity index (χ0) is 14.6. The van der Waals surface area contributed by atoms with Gasteiger partial charge >= 0.3 is 0 Å². The van der Waals surface area contributed by atoms with Crippen molar-refractivity contribution in [1.29, 1.82) is 0 Å². The molecule has 3 atom stereocenters. The second-order valence-corrected chi connectivity index (χ2v) is 6.71. The molecule has 6 nitrogen and oxygen atoms in total. The van der Waals surface area contributed by atoms with E-state index in [-0.39, 0.29) is 23.7 Å². The van der Waals surface area contributed by atoms with Crippen molar-refractivity contribution in [2.75, 3.05) is 13.2 Å². The van der Waals surface area contributed by atoms with Crippen LogP contribution in [0.1, 0.15) is 32.5 Å². The van der Waals surface area contributed by atoms with E-state index in [0.717, 1.165) is 25.3 Å². The first kappa shape index (κ1) is 13.3. The van der Waals surface area contributed by atoms with E-state index in [0.29, 0.717) is 18.9 Å². The molecule has 114 valence electrons. The van der Waals surface area contributed by atoms with E-state index in [1.807, 2.05) is 6.20 Å². The molecule has 0 aromatic carbocycles. The molecule has 3 aliphatic heterocycles. The third kappa shape index (κ3) is 1.78. The van der Waals surface area contributed by atoms with Gasteiger partial charge in [0, 0.05) is 31.8 Å². The maximum atomic E-state index is 12.5. The van der Waals surface area contributed by atoms with Crippen molar-refractivity contribution in [2.45, 2.75) is 51.0 Å². The maximum absolute atomic E-state index is 12.5. The van der Waals surface area contributed by atoms with Gasteiger partial charge in [-0.3, -0.25) is 9.69 Å².